The summed E-state index contributed by atoms with van der Waals surface area (Å²) < 4.78 is 12.5. The van der Waals surface area contributed by atoms with Gasteiger partial charge in [0, 0.05) is 15.1 Å². The molecule has 0 heterocycles. The molecule has 0 saturated carbocycles. The molecular weight excluding hydrogens is 515 g/mol. The molecule has 1 unspecified atom stereocenters. The molecule has 1 amide bonds. The van der Waals surface area contributed by atoms with Gasteiger partial charge >= 0.3 is 0 Å². The Kier molecular flexibility index (Phi) is 8.97. The van der Waals surface area contributed by atoms with E-state index in [4.69, 9.17) is 32.7 Å². The maximum absolute atomic E-state index is 12.6. The number of ether oxygens (including phenoxy) is 2. The Hall–Kier alpha value is -2.54. The van der Waals surface area contributed by atoms with Crippen molar-refractivity contribution in [3.8, 4) is 11.5 Å². The summed E-state index contributed by atoms with van der Waals surface area (Å²) in [6.45, 7) is 2.25. The zero-order valence-corrected chi connectivity index (χ0v) is 20.3. The Morgan fingerprint density at radius 2 is 1.84 bits per heavy atom. The van der Waals surface area contributed by atoms with Crippen molar-refractivity contribution in [3.05, 3.63) is 92.4 Å². The topological polar surface area (TPSA) is 59.9 Å². The fourth-order valence-electron chi connectivity index (χ4n) is 2.77. The van der Waals surface area contributed by atoms with E-state index in [1.807, 2.05) is 55.5 Å². The molecule has 0 radical (unpaired) electrons. The lowest BCUT2D eigenvalue weighted by Gasteiger charge is -2.16. The van der Waals surface area contributed by atoms with E-state index < -0.39 is 12.0 Å². The van der Waals surface area contributed by atoms with E-state index in [0.29, 0.717) is 40.1 Å². The van der Waals surface area contributed by atoms with Crippen LogP contribution in [0.4, 0.5) is 0 Å². The van der Waals surface area contributed by atoms with Crippen LogP contribution in [0, 0.1) is 0 Å². The monoisotopic (exact) mass is 534 g/mol. The first-order valence-corrected chi connectivity index (χ1v) is 11.4. The molecule has 3 aromatic carbocycles. The van der Waals surface area contributed by atoms with Crippen LogP contribution in [0.3, 0.4) is 0 Å². The van der Waals surface area contributed by atoms with Crippen molar-refractivity contribution >= 4 is 51.3 Å². The van der Waals surface area contributed by atoms with Crippen LogP contribution < -0.4 is 14.9 Å². The van der Waals surface area contributed by atoms with Gasteiger partial charge in [0.2, 0.25) is 0 Å². The molecule has 5 nitrogen and oxygen atoms in total. The lowest BCUT2D eigenvalue weighted by molar-refractivity contribution is -0.128. The highest BCUT2D eigenvalue weighted by Gasteiger charge is 2.19. The molecule has 1 N–H and O–H groups in total. The molecule has 8 heteroatoms. The Morgan fingerprint density at radius 3 is 2.56 bits per heavy atom. The standard InChI is InChI=1S/C24H21BrCl2N2O3/c1-2-21(32-23-11-9-19(26)13-20(23)27)24(30)29-28-14-17-12-18(25)8-10-22(17)31-15-16-6-4-3-5-7-16/h3-14,21H,2,15H2,1H3,(H,29,30). The molecule has 0 aliphatic carbocycles. The van der Waals surface area contributed by atoms with Crippen LogP contribution in [-0.4, -0.2) is 18.2 Å². The van der Waals surface area contributed by atoms with Gasteiger partial charge in [-0.25, -0.2) is 5.43 Å². The smallest absolute Gasteiger partial charge is 0.281 e. The molecule has 1 atom stereocenters. The number of benzene rings is 3. The number of halogens is 3. The van der Waals surface area contributed by atoms with Crippen molar-refractivity contribution in [2.75, 3.05) is 0 Å². The second-order valence-corrected chi connectivity index (χ2v) is 8.54. The van der Waals surface area contributed by atoms with E-state index >= 15 is 0 Å². The highest BCUT2D eigenvalue weighted by Crippen LogP contribution is 2.28. The first kappa shape index (κ1) is 24.1. The number of hydrogen-bond donors (Lipinski definition) is 1. The first-order chi connectivity index (χ1) is 15.5. The van der Waals surface area contributed by atoms with E-state index in [9.17, 15) is 4.79 Å². The molecule has 166 valence electrons. The van der Waals surface area contributed by atoms with Gasteiger partial charge in [0.05, 0.1) is 11.2 Å². The molecule has 3 rings (SSSR count). The third-order valence-electron chi connectivity index (χ3n) is 4.41. The fraction of sp³-hybridized carbons (Fsp3) is 0.167. The maximum atomic E-state index is 12.6. The van der Waals surface area contributed by atoms with Gasteiger partial charge in [-0.05, 0) is 48.4 Å². The van der Waals surface area contributed by atoms with Crippen LogP contribution in [-0.2, 0) is 11.4 Å². The lowest BCUT2D eigenvalue weighted by Crippen LogP contribution is -2.35. The van der Waals surface area contributed by atoms with Gasteiger partial charge in [-0.3, -0.25) is 4.79 Å². The Bertz CT molecular complexity index is 1090. The second kappa shape index (κ2) is 11.9. The van der Waals surface area contributed by atoms with Crippen LogP contribution in [0.2, 0.25) is 10.0 Å². The van der Waals surface area contributed by atoms with Crippen LogP contribution in [0.15, 0.2) is 76.3 Å². The number of carbonyl (C=O) groups excluding carboxylic acids is 1. The minimum absolute atomic E-state index is 0.335. The van der Waals surface area contributed by atoms with E-state index in [1.54, 1.807) is 18.2 Å². The largest absolute Gasteiger partial charge is 0.488 e. The number of carbonyl (C=O) groups is 1. The number of amides is 1. The summed E-state index contributed by atoms with van der Waals surface area (Å²) in [6, 6.07) is 20.3. The molecule has 0 saturated heterocycles. The summed E-state index contributed by atoms with van der Waals surface area (Å²) >= 11 is 15.5. The fourth-order valence-corrected chi connectivity index (χ4v) is 3.60. The Labute approximate surface area is 205 Å². The van der Waals surface area contributed by atoms with Crippen molar-refractivity contribution in [3.63, 3.8) is 0 Å². The van der Waals surface area contributed by atoms with Crippen LogP contribution in [0.5, 0.6) is 11.5 Å². The molecule has 0 fully saturated rings. The van der Waals surface area contributed by atoms with Crippen molar-refractivity contribution in [1.29, 1.82) is 0 Å². The second-order valence-electron chi connectivity index (χ2n) is 6.78. The quantitative estimate of drug-likeness (QED) is 0.246. The predicted octanol–water partition coefficient (Wildman–Crippen LogP) is 6.64. The van der Waals surface area contributed by atoms with Crippen molar-refractivity contribution in [2.45, 2.75) is 26.1 Å². The van der Waals surface area contributed by atoms with Gasteiger partial charge < -0.3 is 9.47 Å². The third-order valence-corrected chi connectivity index (χ3v) is 5.44. The SMILES string of the molecule is CCC(Oc1ccc(Cl)cc1Cl)C(=O)NN=Cc1cc(Br)ccc1OCc1ccccc1. The number of rotatable bonds is 9. The van der Waals surface area contributed by atoms with Gasteiger partial charge in [-0.1, -0.05) is 76.4 Å². The average Bonchev–Trinajstić information content (AvgIpc) is 2.78. The molecular formula is C24H21BrCl2N2O3. The van der Waals surface area contributed by atoms with Gasteiger partial charge in [0.1, 0.15) is 18.1 Å². The normalized spacial score (nSPS) is 11.9. The Balaban J connectivity index is 1.64. The van der Waals surface area contributed by atoms with Gasteiger partial charge in [-0.2, -0.15) is 5.10 Å². The highest BCUT2D eigenvalue weighted by molar-refractivity contribution is 9.10. The number of hydrogen-bond acceptors (Lipinski definition) is 4. The van der Waals surface area contributed by atoms with E-state index in [0.717, 1.165) is 10.0 Å². The van der Waals surface area contributed by atoms with Crippen molar-refractivity contribution < 1.29 is 14.3 Å². The van der Waals surface area contributed by atoms with E-state index in [-0.39, 0.29) is 0 Å². The van der Waals surface area contributed by atoms with E-state index in [2.05, 4.69) is 26.5 Å². The van der Waals surface area contributed by atoms with Gasteiger partial charge in [-0.15, -0.1) is 0 Å². The molecule has 0 aliphatic heterocycles. The third kappa shape index (κ3) is 6.99. The average molecular weight is 536 g/mol. The molecule has 0 bridgehead atoms. The van der Waals surface area contributed by atoms with Crippen LogP contribution >= 0.6 is 39.1 Å². The van der Waals surface area contributed by atoms with Gasteiger partial charge in [0.25, 0.3) is 5.91 Å². The maximum Gasteiger partial charge on any atom is 0.281 e. The summed E-state index contributed by atoms with van der Waals surface area (Å²) in [4.78, 5) is 12.6. The predicted molar refractivity (Wildman–Crippen MR) is 132 cm³/mol. The minimum atomic E-state index is -0.762. The van der Waals surface area contributed by atoms with Gasteiger partial charge in [0.15, 0.2) is 6.10 Å². The molecule has 3 aromatic rings. The molecule has 0 aliphatic rings. The molecule has 32 heavy (non-hydrogen) atoms. The van der Waals surface area contributed by atoms with Crippen LogP contribution in [0.1, 0.15) is 24.5 Å². The first-order valence-electron chi connectivity index (χ1n) is 9.87. The van der Waals surface area contributed by atoms with E-state index in [1.165, 1.54) is 6.21 Å². The van der Waals surface area contributed by atoms with Crippen LogP contribution in [0.25, 0.3) is 0 Å². The summed E-state index contributed by atoms with van der Waals surface area (Å²) in [5.41, 5.74) is 4.28. The number of hydrazone groups is 1. The van der Waals surface area contributed by atoms with Crippen molar-refractivity contribution in [2.24, 2.45) is 5.10 Å². The number of nitrogens with one attached hydrogen (secondary N) is 1. The highest BCUT2D eigenvalue weighted by atomic mass is 79.9. The minimum Gasteiger partial charge on any atom is -0.488 e. The zero-order valence-electron chi connectivity index (χ0n) is 17.2. The Morgan fingerprint density at radius 1 is 1.09 bits per heavy atom. The lowest BCUT2D eigenvalue weighted by atomic mass is 10.2. The summed E-state index contributed by atoms with van der Waals surface area (Å²) in [7, 11) is 0. The molecule has 0 aromatic heterocycles. The van der Waals surface area contributed by atoms with Crippen molar-refractivity contribution in [1.82, 2.24) is 5.43 Å². The zero-order chi connectivity index (χ0) is 22.9. The molecule has 0 spiro atoms. The summed E-state index contributed by atoms with van der Waals surface area (Å²) in [5.74, 6) is 0.633. The number of nitrogens with zero attached hydrogens (tertiary/aromatic N) is 1. The summed E-state index contributed by atoms with van der Waals surface area (Å²) in [5, 5.41) is 4.91. The summed E-state index contributed by atoms with van der Waals surface area (Å²) in [6.07, 6.45) is 1.20.